The van der Waals surface area contributed by atoms with E-state index >= 15 is 0 Å². The zero-order valence-electron chi connectivity index (χ0n) is 20.0. The van der Waals surface area contributed by atoms with Crippen LogP contribution in [0.5, 0.6) is 5.75 Å². The number of aromatic nitrogens is 2. The Labute approximate surface area is 206 Å². The highest BCUT2D eigenvalue weighted by atomic mass is 19.3. The second-order valence-corrected chi connectivity index (χ2v) is 8.62. The van der Waals surface area contributed by atoms with E-state index in [1.807, 2.05) is 13.8 Å². The van der Waals surface area contributed by atoms with Crippen LogP contribution in [-0.4, -0.2) is 58.9 Å². The third-order valence-corrected chi connectivity index (χ3v) is 5.64. The Bertz CT molecular complexity index is 1330. The number of benzene rings is 2. The van der Waals surface area contributed by atoms with Crippen molar-refractivity contribution in [3.05, 3.63) is 53.1 Å². The van der Waals surface area contributed by atoms with E-state index in [0.717, 1.165) is 6.07 Å². The van der Waals surface area contributed by atoms with Crippen LogP contribution in [0.1, 0.15) is 42.6 Å². The molecular weight excluding hydrogens is 474 g/mol. The van der Waals surface area contributed by atoms with E-state index in [-0.39, 0.29) is 42.0 Å². The average molecular weight is 503 g/mol. The Kier molecular flexibility index (Phi) is 7.80. The molecule has 1 aliphatic heterocycles. The van der Waals surface area contributed by atoms with Crippen LogP contribution in [-0.2, 0) is 16.1 Å². The molecule has 2 aromatic carbocycles. The maximum atomic E-state index is 13.1. The monoisotopic (exact) mass is 502 g/mol. The van der Waals surface area contributed by atoms with Gasteiger partial charge in [-0.1, -0.05) is 12.1 Å². The second kappa shape index (κ2) is 11.0. The molecule has 4 rings (SSSR count). The Morgan fingerprint density at radius 2 is 2.08 bits per heavy atom. The molecule has 2 N–H and O–H groups in total. The number of aryl methyl sites for hydroxylation is 1. The molecule has 3 aromatic rings. The summed E-state index contributed by atoms with van der Waals surface area (Å²) in [5, 5.41) is 9.41. The molecule has 192 valence electrons. The summed E-state index contributed by atoms with van der Waals surface area (Å²) in [6.45, 7) is 4.71. The molecule has 36 heavy (non-hydrogen) atoms. The molecular formula is C25H28F2N4O5. The number of imidazole rings is 1. The summed E-state index contributed by atoms with van der Waals surface area (Å²) in [5.74, 6) is -0.413. The first-order valence-electron chi connectivity index (χ1n) is 11.7. The van der Waals surface area contributed by atoms with Crippen LogP contribution in [0.3, 0.4) is 0 Å². The van der Waals surface area contributed by atoms with Gasteiger partial charge >= 0.3 is 0 Å². The minimum Gasteiger partial charge on any atom is -0.489 e. The molecule has 2 amide bonds. The van der Waals surface area contributed by atoms with Crippen molar-refractivity contribution in [3.8, 4) is 5.75 Å². The van der Waals surface area contributed by atoms with Crippen LogP contribution in [0.4, 0.5) is 14.5 Å². The largest absolute Gasteiger partial charge is 0.489 e. The minimum absolute atomic E-state index is 0.0311. The fourth-order valence-electron chi connectivity index (χ4n) is 4.03. The molecule has 2 heterocycles. The van der Waals surface area contributed by atoms with E-state index in [9.17, 15) is 23.5 Å². The van der Waals surface area contributed by atoms with E-state index in [1.54, 1.807) is 21.6 Å². The molecule has 0 bridgehead atoms. The number of nitrogens with zero attached hydrogens (tertiary/aromatic N) is 3. The van der Waals surface area contributed by atoms with Crippen molar-refractivity contribution in [2.24, 2.45) is 4.99 Å². The number of aliphatic hydroxyl groups excluding tert-OH is 1. The third kappa shape index (κ3) is 5.47. The number of carbonyl (C=O) groups is 2. The zero-order valence-corrected chi connectivity index (χ0v) is 20.0. The van der Waals surface area contributed by atoms with Crippen molar-refractivity contribution < 1.29 is 33.0 Å². The number of hydrogen-bond acceptors (Lipinski definition) is 5. The number of nitrogens with one attached hydrogen (secondary N) is 1. The standard InChI is InChI=1S/C25H28F2N4O5/c1-15(2)36-21-13-19-18(12-20(21)30-8-10-35-14-22(30)33)28-25(31(19)7-4-9-32)29-24(34)17-6-3-5-16(11-17)23(26)27/h3,5-6,11-13,15,23,32H,4,7-10,14H2,1-2H3,(H,28,29,34). The first-order chi connectivity index (χ1) is 17.3. The van der Waals surface area contributed by atoms with Gasteiger partial charge < -0.3 is 29.0 Å². The predicted octanol–water partition coefficient (Wildman–Crippen LogP) is 3.18. The average Bonchev–Trinajstić information content (AvgIpc) is 3.17. The molecule has 0 aliphatic carbocycles. The van der Waals surface area contributed by atoms with Gasteiger partial charge in [-0.25, -0.2) is 8.78 Å². The van der Waals surface area contributed by atoms with E-state index in [2.05, 4.69) is 9.98 Å². The maximum absolute atomic E-state index is 13.1. The molecule has 0 saturated carbocycles. The van der Waals surface area contributed by atoms with Gasteiger partial charge in [-0.15, -0.1) is 0 Å². The lowest BCUT2D eigenvalue weighted by molar-refractivity contribution is -0.125. The van der Waals surface area contributed by atoms with Gasteiger partial charge in [-0.3, -0.25) is 9.59 Å². The van der Waals surface area contributed by atoms with E-state index in [0.29, 0.717) is 48.6 Å². The first kappa shape index (κ1) is 25.5. The number of hydrogen-bond donors (Lipinski definition) is 2. The summed E-state index contributed by atoms with van der Waals surface area (Å²) in [4.78, 5) is 34.3. The number of H-pyrrole nitrogens is 1. The van der Waals surface area contributed by atoms with Gasteiger partial charge in [0.05, 0.1) is 29.4 Å². The molecule has 0 unspecified atom stereocenters. The molecule has 1 saturated heterocycles. The van der Waals surface area contributed by atoms with Crippen LogP contribution >= 0.6 is 0 Å². The number of anilines is 1. The molecule has 1 fully saturated rings. The lowest BCUT2D eigenvalue weighted by Gasteiger charge is -2.29. The summed E-state index contributed by atoms with van der Waals surface area (Å²) in [7, 11) is 0. The van der Waals surface area contributed by atoms with E-state index < -0.39 is 12.3 Å². The Hall–Kier alpha value is -3.57. The van der Waals surface area contributed by atoms with Gasteiger partial charge in [-0.05, 0) is 38.5 Å². The van der Waals surface area contributed by atoms with Gasteiger partial charge in [-0.2, -0.15) is 4.99 Å². The molecule has 11 heteroatoms. The van der Waals surface area contributed by atoms with Gasteiger partial charge in [0.1, 0.15) is 12.4 Å². The van der Waals surface area contributed by atoms with Crippen molar-refractivity contribution in [2.45, 2.75) is 39.3 Å². The van der Waals surface area contributed by atoms with Gasteiger partial charge in [0.15, 0.2) is 0 Å². The smallest absolute Gasteiger partial charge is 0.280 e. The van der Waals surface area contributed by atoms with Crippen LogP contribution in [0.2, 0.25) is 0 Å². The molecule has 0 spiro atoms. The van der Waals surface area contributed by atoms with E-state index in [1.165, 1.54) is 18.2 Å². The number of amides is 2. The quantitative estimate of drug-likeness (QED) is 0.492. The fraction of sp³-hybridized carbons (Fsp3) is 0.400. The first-order valence-corrected chi connectivity index (χ1v) is 11.7. The second-order valence-electron chi connectivity index (χ2n) is 8.62. The number of fused-ring (bicyclic) bond motifs is 1. The van der Waals surface area contributed by atoms with E-state index in [4.69, 9.17) is 9.47 Å². The Morgan fingerprint density at radius 3 is 2.78 bits per heavy atom. The highest BCUT2D eigenvalue weighted by Gasteiger charge is 2.25. The van der Waals surface area contributed by atoms with Crippen molar-refractivity contribution in [1.82, 2.24) is 9.55 Å². The Balaban J connectivity index is 1.86. The number of ether oxygens (including phenoxy) is 2. The summed E-state index contributed by atoms with van der Waals surface area (Å²) >= 11 is 0. The SMILES string of the molecule is CC(C)Oc1cc2c(cc1N1CCOCC1=O)[nH]/c(=N\C(=O)c1cccc(C(F)F)c1)n2CCCO. The van der Waals surface area contributed by atoms with Gasteiger partial charge in [0, 0.05) is 36.9 Å². The summed E-state index contributed by atoms with van der Waals surface area (Å²) < 4.78 is 39.2. The van der Waals surface area contributed by atoms with Crippen LogP contribution < -0.4 is 15.3 Å². The number of halogens is 2. The number of aromatic amines is 1. The lowest BCUT2D eigenvalue weighted by Crippen LogP contribution is -2.41. The number of carbonyl (C=O) groups excluding carboxylic acids is 2. The van der Waals surface area contributed by atoms with Crippen LogP contribution in [0.25, 0.3) is 11.0 Å². The summed E-state index contributed by atoms with van der Waals surface area (Å²) in [5.41, 5.74) is 1.75. The Morgan fingerprint density at radius 1 is 1.28 bits per heavy atom. The van der Waals surface area contributed by atoms with Gasteiger partial charge in [0.25, 0.3) is 18.2 Å². The topological polar surface area (TPSA) is 109 Å². The van der Waals surface area contributed by atoms with Crippen molar-refractivity contribution in [1.29, 1.82) is 0 Å². The molecule has 0 radical (unpaired) electrons. The van der Waals surface area contributed by atoms with Crippen LogP contribution in [0.15, 0.2) is 41.4 Å². The molecule has 9 nitrogen and oxygen atoms in total. The third-order valence-electron chi connectivity index (χ3n) is 5.64. The fourth-order valence-corrected chi connectivity index (χ4v) is 4.03. The lowest BCUT2D eigenvalue weighted by atomic mass is 10.1. The maximum Gasteiger partial charge on any atom is 0.280 e. The van der Waals surface area contributed by atoms with Gasteiger partial charge in [0.2, 0.25) is 5.62 Å². The number of morpholine rings is 1. The van der Waals surface area contributed by atoms with Crippen LogP contribution in [0, 0.1) is 0 Å². The predicted molar refractivity (Wildman–Crippen MR) is 128 cm³/mol. The summed E-state index contributed by atoms with van der Waals surface area (Å²) in [6.07, 6.45) is -2.49. The van der Waals surface area contributed by atoms with Crippen molar-refractivity contribution in [2.75, 3.05) is 31.3 Å². The number of alkyl halides is 2. The normalized spacial score (nSPS) is 14.9. The highest BCUT2D eigenvalue weighted by molar-refractivity contribution is 5.99. The number of rotatable bonds is 8. The molecule has 1 aliphatic rings. The zero-order chi connectivity index (χ0) is 25.8. The summed E-state index contributed by atoms with van der Waals surface area (Å²) in [6, 6.07) is 8.70. The van der Waals surface area contributed by atoms with Crippen molar-refractivity contribution in [3.63, 3.8) is 0 Å². The highest BCUT2D eigenvalue weighted by Crippen LogP contribution is 2.34. The number of aliphatic hydroxyl groups is 1. The molecule has 1 aromatic heterocycles. The molecule has 0 atom stereocenters. The van der Waals surface area contributed by atoms with Crippen molar-refractivity contribution >= 4 is 28.5 Å². The minimum atomic E-state index is -2.71.